The fourth-order valence-electron chi connectivity index (χ4n) is 4.20. The number of esters is 1. The number of ether oxygens (including phenoxy) is 1. The Morgan fingerprint density at radius 3 is 2.47 bits per heavy atom. The van der Waals surface area contributed by atoms with Gasteiger partial charge in [0.1, 0.15) is 0 Å². The zero-order valence-electron chi connectivity index (χ0n) is 19.1. The number of carbonyl (C=O) groups excluding carboxylic acids is 2. The van der Waals surface area contributed by atoms with Crippen LogP contribution in [0, 0.1) is 4.77 Å². The number of carbonyl (C=O) groups is 2. The van der Waals surface area contributed by atoms with E-state index in [2.05, 4.69) is 15.2 Å². The summed E-state index contributed by atoms with van der Waals surface area (Å²) < 4.78 is 6.44. The second-order valence-electron chi connectivity index (χ2n) is 8.43. The first-order chi connectivity index (χ1) is 16.5. The Bertz CT molecular complexity index is 1310. The van der Waals surface area contributed by atoms with E-state index in [-0.39, 0.29) is 22.8 Å². The fraction of sp³-hybridized carbons (Fsp3) is 0.360. The molecule has 34 heavy (non-hydrogen) atoms. The molecule has 2 aromatic carbocycles. The molecule has 0 bridgehead atoms. The lowest BCUT2D eigenvalue weighted by atomic mass is 10.1. The standard InChI is InChI=1S/C25H28N4O4S/c1-33-24(32)19-9-10-20-21(15-19)27-25(34)29(23(20)31)16-17-5-7-18(8-6-17)22(30)26-11-14-28-12-3-2-4-13-28/h5-10,15H,2-4,11-14,16H2,1H3,(H,26,30)(H,27,34). The number of hydrogen-bond acceptors (Lipinski definition) is 6. The molecule has 4 rings (SSSR count). The minimum absolute atomic E-state index is 0.106. The largest absolute Gasteiger partial charge is 0.465 e. The van der Waals surface area contributed by atoms with Gasteiger partial charge in [0, 0.05) is 18.7 Å². The number of nitrogens with zero attached hydrogens (tertiary/aromatic N) is 2. The van der Waals surface area contributed by atoms with Gasteiger partial charge >= 0.3 is 5.97 Å². The molecule has 0 atom stereocenters. The molecule has 8 nitrogen and oxygen atoms in total. The van der Waals surface area contributed by atoms with Gasteiger partial charge in [-0.3, -0.25) is 14.2 Å². The molecule has 2 N–H and O–H groups in total. The van der Waals surface area contributed by atoms with E-state index in [1.807, 2.05) is 12.1 Å². The van der Waals surface area contributed by atoms with Crippen LogP contribution in [0.2, 0.25) is 0 Å². The minimum Gasteiger partial charge on any atom is -0.465 e. The van der Waals surface area contributed by atoms with Crippen molar-refractivity contribution in [1.29, 1.82) is 0 Å². The van der Waals surface area contributed by atoms with Crippen LogP contribution in [0.5, 0.6) is 0 Å². The quantitative estimate of drug-likeness (QED) is 0.399. The van der Waals surface area contributed by atoms with Crippen molar-refractivity contribution in [3.8, 4) is 0 Å². The molecule has 0 aliphatic carbocycles. The summed E-state index contributed by atoms with van der Waals surface area (Å²) in [6.45, 7) is 3.97. The number of aromatic nitrogens is 2. The maximum Gasteiger partial charge on any atom is 0.337 e. The highest BCUT2D eigenvalue weighted by Crippen LogP contribution is 2.13. The van der Waals surface area contributed by atoms with E-state index in [0.717, 1.165) is 25.2 Å². The molecule has 0 radical (unpaired) electrons. The van der Waals surface area contributed by atoms with Crippen molar-refractivity contribution < 1.29 is 14.3 Å². The third kappa shape index (κ3) is 5.43. The number of methoxy groups -OCH3 is 1. The normalized spacial score (nSPS) is 14.1. The highest BCUT2D eigenvalue weighted by atomic mass is 32.1. The van der Waals surface area contributed by atoms with Crippen molar-refractivity contribution in [1.82, 2.24) is 19.8 Å². The number of rotatable bonds is 7. The Morgan fingerprint density at radius 1 is 1.06 bits per heavy atom. The summed E-state index contributed by atoms with van der Waals surface area (Å²) in [6.07, 6.45) is 3.75. The number of fused-ring (bicyclic) bond motifs is 1. The number of H-pyrrole nitrogens is 1. The first kappa shape index (κ1) is 23.8. The van der Waals surface area contributed by atoms with Crippen LogP contribution in [-0.4, -0.2) is 59.6 Å². The van der Waals surface area contributed by atoms with Gasteiger partial charge in [0.15, 0.2) is 4.77 Å². The van der Waals surface area contributed by atoms with Gasteiger partial charge in [-0.25, -0.2) is 4.79 Å². The lowest BCUT2D eigenvalue weighted by molar-refractivity contribution is 0.0600. The topological polar surface area (TPSA) is 96.4 Å². The zero-order valence-corrected chi connectivity index (χ0v) is 20.0. The Balaban J connectivity index is 1.43. The van der Waals surface area contributed by atoms with Crippen molar-refractivity contribution in [2.75, 3.05) is 33.3 Å². The van der Waals surface area contributed by atoms with Gasteiger partial charge in [0.05, 0.1) is 30.1 Å². The molecule has 0 unspecified atom stereocenters. The van der Waals surface area contributed by atoms with Crippen LogP contribution in [0.25, 0.3) is 10.9 Å². The smallest absolute Gasteiger partial charge is 0.337 e. The van der Waals surface area contributed by atoms with Crippen molar-refractivity contribution in [2.45, 2.75) is 25.8 Å². The number of amides is 1. The number of likely N-dealkylation sites (tertiary alicyclic amines) is 1. The van der Waals surface area contributed by atoms with Crippen molar-refractivity contribution >= 4 is 35.0 Å². The summed E-state index contributed by atoms with van der Waals surface area (Å²) in [5, 5.41) is 3.40. The summed E-state index contributed by atoms with van der Waals surface area (Å²) >= 11 is 5.40. The Kier molecular flexibility index (Phi) is 7.54. The number of benzene rings is 2. The second-order valence-corrected chi connectivity index (χ2v) is 8.82. The van der Waals surface area contributed by atoms with Gasteiger partial charge < -0.3 is 19.9 Å². The van der Waals surface area contributed by atoms with Crippen LogP contribution >= 0.6 is 12.2 Å². The molecule has 1 amide bonds. The molecule has 2 heterocycles. The highest BCUT2D eigenvalue weighted by molar-refractivity contribution is 7.71. The molecule has 1 aliphatic heterocycles. The number of nitrogens with one attached hydrogen (secondary N) is 2. The first-order valence-electron chi connectivity index (χ1n) is 11.4. The molecule has 1 aromatic heterocycles. The summed E-state index contributed by atoms with van der Waals surface area (Å²) in [5.41, 5.74) is 1.98. The van der Waals surface area contributed by atoms with E-state index in [0.29, 0.717) is 28.6 Å². The van der Waals surface area contributed by atoms with Gasteiger partial charge in [-0.05, 0) is 74.0 Å². The van der Waals surface area contributed by atoms with Crippen LogP contribution in [-0.2, 0) is 11.3 Å². The summed E-state index contributed by atoms with van der Waals surface area (Å²) in [4.78, 5) is 42.7. The molecule has 3 aromatic rings. The number of aromatic amines is 1. The summed E-state index contributed by atoms with van der Waals surface area (Å²) in [7, 11) is 1.30. The minimum atomic E-state index is -0.485. The Hall–Kier alpha value is -3.30. The van der Waals surface area contributed by atoms with E-state index in [1.165, 1.54) is 30.9 Å². The van der Waals surface area contributed by atoms with E-state index in [9.17, 15) is 14.4 Å². The maximum absolute atomic E-state index is 13.0. The monoisotopic (exact) mass is 480 g/mol. The first-order valence-corrected chi connectivity index (χ1v) is 11.8. The molecule has 1 saturated heterocycles. The second kappa shape index (κ2) is 10.8. The predicted octanol–water partition coefficient (Wildman–Crippen LogP) is 3.11. The predicted molar refractivity (Wildman–Crippen MR) is 133 cm³/mol. The maximum atomic E-state index is 13.0. The third-order valence-corrected chi connectivity index (χ3v) is 6.44. The number of piperidine rings is 1. The average Bonchev–Trinajstić information content (AvgIpc) is 2.86. The Morgan fingerprint density at radius 2 is 1.76 bits per heavy atom. The highest BCUT2D eigenvalue weighted by Gasteiger charge is 2.13. The summed E-state index contributed by atoms with van der Waals surface area (Å²) in [5.74, 6) is -0.592. The van der Waals surface area contributed by atoms with Crippen LogP contribution in [0.3, 0.4) is 0 Å². The molecule has 178 valence electrons. The van der Waals surface area contributed by atoms with E-state index in [1.54, 1.807) is 30.3 Å². The molecule has 1 aliphatic rings. The van der Waals surface area contributed by atoms with Crippen LogP contribution in [0.1, 0.15) is 45.5 Å². The summed E-state index contributed by atoms with van der Waals surface area (Å²) in [6, 6.07) is 11.9. The lowest BCUT2D eigenvalue weighted by Gasteiger charge is -2.26. The van der Waals surface area contributed by atoms with Crippen LogP contribution < -0.4 is 10.9 Å². The SMILES string of the molecule is COC(=O)c1ccc2c(=O)n(Cc3ccc(C(=O)NCCN4CCCCC4)cc3)c(=S)[nH]c2c1. The molecule has 0 saturated carbocycles. The molecule has 9 heteroatoms. The van der Waals surface area contributed by atoms with Crippen molar-refractivity contribution in [2.24, 2.45) is 0 Å². The van der Waals surface area contributed by atoms with Gasteiger partial charge in [-0.1, -0.05) is 18.6 Å². The third-order valence-electron chi connectivity index (χ3n) is 6.12. The lowest BCUT2D eigenvalue weighted by Crippen LogP contribution is -2.37. The van der Waals surface area contributed by atoms with Gasteiger partial charge in [-0.15, -0.1) is 0 Å². The fourth-order valence-corrected chi connectivity index (χ4v) is 4.46. The van der Waals surface area contributed by atoms with Crippen LogP contribution in [0.4, 0.5) is 0 Å². The van der Waals surface area contributed by atoms with E-state index < -0.39 is 5.97 Å². The number of hydrogen-bond donors (Lipinski definition) is 2. The molecule has 1 fully saturated rings. The van der Waals surface area contributed by atoms with E-state index >= 15 is 0 Å². The van der Waals surface area contributed by atoms with Crippen LogP contribution in [0.15, 0.2) is 47.3 Å². The molecular formula is C25H28N4O4S. The van der Waals surface area contributed by atoms with Crippen molar-refractivity contribution in [3.63, 3.8) is 0 Å². The van der Waals surface area contributed by atoms with Crippen molar-refractivity contribution in [3.05, 3.63) is 74.3 Å². The van der Waals surface area contributed by atoms with E-state index in [4.69, 9.17) is 17.0 Å². The molecular weight excluding hydrogens is 452 g/mol. The zero-order chi connectivity index (χ0) is 24.1. The van der Waals surface area contributed by atoms with Gasteiger partial charge in [0.2, 0.25) is 0 Å². The van der Waals surface area contributed by atoms with Gasteiger partial charge in [0.25, 0.3) is 11.5 Å². The molecule has 0 spiro atoms. The average molecular weight is 481 g/mol. The Labute approximate surface area is 202 Å². The van der Waals surface area contributed by atoms with Gasteiger partial charge in [-0.2, -0.15) is 0 Å².